The van der Waals surface area contributed by atoms with Gasteiger partial charge < -0.3 is 9.30 Å². The summed E-state index contributed by atoms with van der Waals surface area (Å²) in [6, 6.07) is 8.21. The molecule has 6 heteroatoms. The van der Waals surface area contributed by atoms with Gasteiger partial charge >= 0.3 is 0 Å². The number of aryl methyl sites for hydroxylation is 2. The minimum Gasteiger partial charge on any atom is -0.477 e. The van der Waals surface area contributed by atoms with Crippen molar-refractivity contribution in [3.05, 3.63) is 70.3 Å². The third kappa shape index (κ3) is 3.62. The van der Waals surface area contributed by atoms with Gasteiger partial charge in [0.1, 0.15) is 5.82 Å². The smallest absolute Gasteiger partial charge is 0.251 e. The molecule has 2 aliphatic carbocycles. The van der Waals surface area contributed by atoms with E-state index in [1.54, 1.807) is 12.3 Å². The van der Waals surface area contributed by atoms with Crippen LogP contribution in [-0.4, -0.2) is 26.1 Å². The first-order chi connectivity index (χ1) is 14.5. The molecule has 2 saturated carbocycles. The van der Waals surface area contributed by atoms with Crippen molar-refractivity contribution in [2.45, 2.75) is 45.6 Å². The summed E-state index contributed by atoms with van der Waals surface area (Å²) in [4.78, 5) is 25.9. The van der Waals surface area contributed by atoms with E-state index in [-0.39, 0.29) is 5.56 Å². The van der Waals surface area contributed by atoms with E-state index in [4.69, 9.17) is 4.74 Å². The van der Waals surface area contributed by atoms with Gasteiger partial charge in [-0.15, -0.1) is 0 Å². The van der Waals surface area contributed by atoms with Gasteiger partial charge in [-0.3, -0.25) is 9.78 Å². The van der Waals surface area contributed by atoms with E-state index in [0.717, 1.165) is 29.7 Å². The summed E-state index contributed by atoms with van der Waals surface area (Å²) in [6.07, 6.45) is 7.72. The number of ether oxygens (including phenoxy) is 1. The Morgan fingerprint density at radius 3 is 2.67 bits per heavy atom. The topological polar surface area (TPSA) is 69.9 Å². The second kappa shape index (κ2) is 7.35. The first-order valence-corrected chi connectivity index (χ1v) is 10.6. The fraction of sp³-hybridized carbons (Fsp3) is 0.417. The Kier molecular flexibility index (Phi) is 4.65. The highest BCUT2D eigenvalue weighted by molar-refractivity contribution is 5.67. The van der Waals surface area contributed by atoms with Crippen LogP contribution in [0.15, 0.2) is 47.7 Å². The highest BCUT2D eigenvalue weighted by Gasteiger charge is 2.49. The summed E-state index contributed by atoms with van der Waals surface area (Å²) in [7, 11) is 0. The maximum Gasteiger partial charge on any atom is 0.251 e. The zero-order valence-electron chi connectivity index (χ0n) is 17.6. The molecule has 3 atom stereocenters. The molecule has 0 spiro atoms. The van der Waals surface area contributed by atoms with E-state index in [9.17, 15) is 4.79 Å². The quantitative estimate of drug-likeness (QED) is 0.621. The van der Waals surface area contributed by atoms with Crippen molar-refractivity contribution in [1.29, 1.82) is 0 Å². The molecule has 154 valence electrons. The van der Waals surface area contributed by atoms with Crippen LogP contribution in [0, 0.1) is 25.7 Å². The van der Waals surface area contributed by atoms with Crippen molar-refractivity contribution in [1.82, 2.24) is 19.5 Å². The Morgan fingerprint density at radius 1 is 1.13 bits per heavy atom. The predicted molar refractivity (Wildman–Crippen MR) is 115 cm³/mol. The van der Waals surface area contributed by atoms with Crippen molar-refractivity contribution in [2.24, 2.45) is 11.8 Å². The van der Waals surface area contributed by atoms with Gasteiger partial charge in [0.15, 0.2) is 0 Å². The summed E-state index contributed by atoms with van der Waals surface area (Å²) in [5.41, 5.74) is 3.88. The van der Waals surface area contributed by atoms with Gasteiger partial charge in [-0.2, -0.15) is 4.98 Å². The third-order valence-corrected chi connectivity index (χ3v) is 6.32. The molecule has 3 aromatic heterocycles. The first kappa shape index (κ1) is 19.0. The van der Waals surface area contributed by atoms with Gasteiger partial charge in [0.25, 0.3) is 5.56 Å². The number of nitrogens with zero attached hydrogens (tertiary/aromatic N) is 4. The number of hydrogen-bond acceptors (Lipinski definition) is 5. The Labute approximate surface area is 176 Å². The van der Waals surface area contributed by atoms with Crippen LogP contribution in [0.5, 0.6) is 5.88 Å². The molecule has 0 bridgehead atoms. The van der Waals surface area contributed by atoms with Crippen LogP contribution in [-0.2, 0) is 0 Å². The van der Waals surface area contributed by atoms with E-state index >= 15 is 0 Å². The lowest BCUT2D eigenvalue weighted by Crippen LogP contribution is -2.17. The number of aromatic nitrogens is 4. The molecular weight excluding hydrogens is 376 g/mol. The average Bonchev–Trinajstić information content (AvgIpc) is 3.65. The lowest BCUT2D eigenvalue weighted by molar-refractivity contribution is 0.280. The molecule has 2 fully saturated rings. The van der Waals surface area contributed by atoms with Crippen molar-refractivity contribution in [2.75, 3.05) is 6.61 Å². The zero-order valence-corrected chi connectivity index (χ0v) is 17.6. The van der Waals surface area contributed by atoms with Crippen molar-refractivity contribution >= 4 is 0 Å². The van der Waals surface area contributed by atoms with Crippen molar-refractivity contribution < 1.29 is 4.74 Å². The van der Waals surface area contributed by atoms with Crippen LogP contribution >= 0.6 is 0 Å². The van der Waals surface area contributed by atoms with Crippen LogP contribution in [0.4, 0.5) is 0 Å². The van der Waals surface area contributed by atoms with Gasteiger partial charge in [0.2, 0.25) is 5.88 Å². The molecule has 0 N–H and O–H groups in total. The molecule has 2 aliphatic rings. The molecule has 3 aromatic rings. The van der Waals surface area contributed by atoms with E-state index in [1.165, 1.54) is 5.56 Å². The molecule has 6 nitrogen and oxygen atoms in total. The number of rotatable bonds is 6. The fourth-order valence-corrected chi connectivity index (χ4v) is 4.21. The summed E-state index contributed by atoms with van der Waals surface area (Å²) in [5.74, 6) is 2.54. The van der Waals surface area contributed by atoms with Crippen LogP contribution in [0.2, 0.25) is 0 Å². The molecule has 3 heterocycles. The molecule has 0 aliphatic heterocycles. The molecular formula is C24H26N4O2. The van der Waals surface area contributed by atoms with E-state index in [1.807, 2.05) is 30.0 Å². The van der Waals surface area contributed by atoms with Crippen molar-refractivity contribution in [3.8, 4) is 17.0 Å². The molecule has 0 amide bonds. The summed E-state index contributed by atoms with van der Waals surface area (Å²) in [6.45, 7) is 6.71. The van der Waals surface area contributed by atoms with E-state index in [2.05, 4.69) is 40.9 Å². The summed E-state index contributed by atoms with van der Waals surface area (Å²) < 4.78 is 7.99. The molecule has 0 saturated heterocycles. The van der Waals surface area contributed by atoms with Gasteiger partial charge in [0.05, 0.1) is 12.2 Å². The second-order valence-corrected chi connectivity index (χ2v) is 8.65. The lowest BCUT2D eigenvalue weighted by atomic mass is 10.1. The summed E-state index contributed by atoms with van der Waals surface area (Å²) >= 11 is 0. The molecule has 5 rings (SSSR count). The SMILES string of the molecule is Cc1ccc(C2C(C)C2COc2nc(C)ncc2-c2ccn(C3CC3)c(=O)c2)nc1. The Balaban J connectivity index is 1.35. The van der Waals surface area contributed by atoms with Crippen LogP contribution in [0.1, 0.15) is 48.8 Å². The summed E-state index contributed by atoms with van der Waals surface area (Å²) in [5, 5.41) is 0. The Hall–Kier alpha value is -3.02. The average molecular weight is 402 g/mol. The second-order valence-electron chi connectivity index (χ2n) is 8.65. The minimum atomic E-state index is 0.0165. The minimum absolute atomic E-state index is 0.0165. The van der Waals surface area contributed by atoms with Gasteiger partial charge in [-0.05, 0) is 55.9 Å². The van der Waals surface area contributed by atoms with Crippen LogP contribution < -0.4 is 10.3 Å². The molecule has 30 heavy (non-hydrogen) atoms. The third-order valence-electron chi connectivity index (χ3n) is 6.32. The Morgan fingerprint density at radius 2 is 1.97 bits per heavy atom. The molecule has 0 radical (unpaired) electrons. The zero-order chi connectivity index (χ0) is 20.8. The van der Waals surface area contributed by atoms with E-state index < -0.39 is 0 Å². The highest BCUT2D eigenvalue weighted by atomic mass is 16.5. The maximum absolute atomic E-state index is 12.5. The van der Waals surface area contributed by atoms with E-state index in [0.29, 0.717) is 42.1 Å². The van der Waals surface area contributed by atoms with Crippen LogP contribution in [0.25, 0.3) is 11.1 Å². The number of pyridine rings is 2. The predicted octanol–water partition coefficient (Wildman–Crippen LogP) is 4.08. The van der Waals surface area contributed by atoms with Gasteiger partial charge in [0, 0.05) is 48.2 Å². The van der Waals surface area contributed by atoms with Crippen LogP contribution in [0.3, 0.4) is 0 Å². The van der Waals surface area contributed by atoms with Gasteiger partial charge in [-0.1, -0.05) is 13.0 Å². The number of hydrogen-bond donors (Lipinski definition) is 0. The lowest BCUT2D eigenvalue weighted by Gasteiger charge is -2.12. The van der Waals surface area contributed by atoms with Gasteiger partial charge in [-0.25, -0.2) is 4.98 Å². The van der Waals surface area contributed by atoms with Crippen molar-refractivity contribution in [3.63, 3.8) is 0 Å². The first-order valence-electron chi connectivity index (χ1n) is 10.6. The standard InChI is InChI=1S/C24H26N4O2/c1-14-4-7-21(26-11-14)23-15(2)20(23)13-30-24-19(12-25-16(3)27-24)17-8-9-28(18-5-6-18)22(29)10-17/h4,7-12,15,18,20,23H,5-6,13H2,1-3H3. The monoisotopic (exact) mass is 402 g/mol. The maximum atomic E-state index is 12.5. The largest absolute Gasteiger partial charge is 0.477 e. The Bertz CT molecular complexity index is 1130. The molecule has 3 unspecified atom stereocenters. The normalized spacial score (nSPS) is 22.7. The molecule has 0 aromatic carbocycles. The highest BCUT2D eigenvalue weighted by Crippen LogP contribution is 2.53. The fourth-order valence-electron chi connectivity index (χ4n) is 4.21.